The van der Waals surface area contributed by atoms with Crippen LogP contribution < -0.4 is 0 Å². The lowest BCUT2D eigenvalue weighted by molar-refractivity contribution is -1.00. The largest absolute Gasteiger partial charge is 0.292 e. The zero-order valence-electron chi connectivity index (χ0n) is 11.1. The van der Waals surface area contributed by atoms with Gasteiger partial charge in [-0.05, 0) is 20.8 Å². The Hall–Kier alpha value is -0.120. The Morgan fingerprint density at radius 1 is 1.07 bits per heavy atom. The molecule has 0 aromatic rings. The topological polar surface area (TPSA) is 6.48 Å². The molecule has 0 aromatic carbocycles. The molecule has 88 valence electrons. The van der Waals surface area contributed by atoms with E-state index in [2.05, 4.69) is 51.8 Å². The number of fused-ring (bicyclic) bond motifs is 1. The van der Waals surface area contributed by atoms with Gasteiger partial charge in [0.25, 0.3) is 0 Å². The predicted octanol–water partition coefficient (Wildman–Crippen LogP) is 1.02. The summed E-state index contributed by atoms with van der Waals surface area (Å²) in [6, 6.07) is 0.800. The Morgan fingerprint density at radius 2 is 1.67 bits per heavy atom. The minimum atomic E-state index is 0.336. The van der Waals surface area contributed by atoms with Gasteiger partial charge >= 0.3 is 0 Å². The third kappa shape index (κ3) is 1.71. The summed E-state index contributed by atoms with van der Waals surface area (Å²) in [4.78, 5) is 2.65. The van der Waals surface area contributed by atoms with E-state index in [4.69, 9.17) is 0 Å². The van der Waals surface area contributed by atoms with Gasteiger partial charge in [-0.3, -0.25) is 4.90 Å². The van der Waals surface area contributed by atoms with E-state index >= 15 is 0 Å². The maximum atomic E-state index is 2.65. The number of nitrogens with zero attached hydrogens (tertiary/aromatic N) is 3. The zero-order chi connectivity index (χ0) is 11.4. The molecule has 0 bridgehead atoms. The Balaban J connectivity index is 2.13. The van der Waals surface area contributed by atoms with Gasteiger partial charge in [0.1, 0.15) is 6.04 Å². The summed E-state index contributed by atoms with van der Waals surface area (Å²) in [6.07, 6.45) is 0. The van der Waals surface area contributed by atoms with Crippen LogP contribution in [-0.4, -0.2) is 66.9 Å². The van der Waals surface area contributed by atoms with Crippen molar-refractivity contribution in [3.8, 4) is 0 Å². The van der Waals surface area contributed by atoms with Crippen LogP contribution in [0.3, 0.4) is 0 Å². The first-order valence-corrected chi connectivity index (χ1v) is 6.03. The minimum absolute atomic E-state index is 0.336. The van der Waals surface area contributed by atoms with Gasteiger partial charge in [0.2, 0.25) is 0 Å². The van der Waals surface area contributed by atoms with Crippen LogP contribution >= 0.6 is 0 Å². The molecule has 0 radical (unpaired) electrons. The quantitative estimate of drug-likeness (QED) is 0.553. The SMILES string of the molecule is CN1CC2CN(C(C)(C)C)CC2[N+]1(C)C. The molecule has 2 atom stereocenters. The average molecular weight is 212 g/mol. The van der Waals surface area contributed by atoms with Crippen molar-refractivity contribution in [2.24, 2.45) is 5.92 Å². The zero-order valence-corrected chi connectivity index (χ0v) is 11.1. The Morgan fingerprint density at radius 3 is 2.13 bits per heavy atom. The molecule has 0 aromatic heterocycles. The summed E-state index contributed by atoms with van der Waals surface area (Å²) < 4.78 is 1.07. The number of likely N-dealkylation sites (N-methyl/N-ethyl adjacent to an activating group) is 1. The fraction of sp³-hybridized carbons (Fsp3) is 1.00. The average Bonchev–Trinajstić information content (AvgIpc) is 2.54. The van der Waals surface area contributed by atoms with Gasteiger partial charge in [0.05, 0.1) is 27.2 Å². The van der Waals surface area contributed by atoms with Crippen LogP contribution in [0.2, 0.25) is 0 Å². The maximum absolute atomic E-state index is 2.65. The van der Waals surface area contributed by atoms with Crippen molar-refractivity contribution in [1.82, 2.24) is 9.91 Å². The highest BCUT2D eigenvalue weighted by Crippen LogP contribution is 2.36. The third-order valence-electron chi connectivity index (χ3n) is 4.55. The van der Waals surface area contributed by atoms with E-state index in [-0.39, 0.29) is 0 Å². The first-order valence-electron chi connectivity index (χ1n) is 6.03. The van der Waals surface area contributed by atoms with E-state index in [1.54, 1.807) is 0 Å². The summed E-state index contributed by atoms with van der Waals surface area (Å²) in [5, 5.41) is 2.48. The summed E-state index contributed by atoms with van der Waals surface area (Å²) in [6.45, 7) is 10.8. The third-order valence-corrected chi connectivity index (χ3v) is 4.55. The van der Waals surface area contributed by atoms with Crippen molar-refractivity contribution >= 4 is 0 Å². The second-order valence-corrected chi connectivity index (χ2v) is 6.72. The van der Waals surface area contributed by atoms with Gasteiger partial charge in [-0.15, -0.1) is 0 Å². The van der Waals surface area contributed by atoms with Crippen molar-refractivity contribution in [2.45, 2.75) is 32.4 Å². The molecular formula is C12H26N3+. The molecule has 2 unspecified atom stereocenters. The molecule has 2 fully saturated rings. The Labute approximate surface area is 94.2 Å². The van der Waals surface area contributed by atoms with Gasteiger partial charge in [0.15, 0.2) is 0 Å². The van der Waals surface area contributed by atoms with Crippen molar-refractivity contribution in [2.75, 3.05) is 40.8 Å². The van der Waals surface area contributed by atoms with Crippen LogP contribution in [0.25, 0.3) is 0 Å². The highest BCUT2D eigenvalue weighted by Gasteiger charge is 2.53. The number of hydrogen-bond donors (Lipinski definition) is 0. The molecule has 2 aliphatic heterocycles. The van der Waals surface area contributed by atoms with Crippen LogP contribution in [0.15, 0.2) is 0 Å². The van der Waals surface area contributed by atoms with Gasteiger partial charge in [-0.25, -0.2) is 4.59 Å². The maximum Gasteiger partial charge on any atom is 0.125 e. The lowest BCUT2D eigenvalue weighted by Gasteiger charge is -2.38. The number of quaternary nitrogens is 1. The molecule has 2 heterocycles. The highest BCUT2D eigenvalue weighted by molar-refractivity contribution is 4.93. The molecule has 2 rings (SSSR count). The van der Waals surface area contributed by atoms with Crippen LogP contribution in [0.4, 0.5) is 0 Å². The smallest absolute Gasteiger partial charge is 0.125 e. The van der Waals surface area contributed by atoms with E-state index in [1.165, 1.54) is 19.6 Å². The first kappa shape index (κ1) is 11.4. The Bertz CT molecular complexity index is 254. The van der Waals surface area contributed by atoms with Gasteiger partial charge in [-0.1, -0.05) is 0 Å². The van der Waals surface area contributed by atoms with Crippen molar-refractivity contribution in [3.63, 3.8) is 0 Å². The molecule has 2 aliphatic rings. The number of hydrogen-bond acceptors (Lipinski definition) is 2. The molecule has 15 heavy (non-hydrogen) atoms. The predicted molar refractivity (Wildman–Crippen MR) is 63.3 cm³/mol. The molecule has 3 heteroatoms. The van der Waals surface area contributed by atoms with Crippen LogP contribution in [0.1, 0.15) is 20.8 Å². The Kier molecular flexibility index (Phi) is 2.42. The van der Waals surface area contributed by atoms with Crippen LogP contribution in [0, 0.1) is 5.92 Å². The molecular weight excluding hydrogens is 186 g/mol. The standard InChI is InChI=1S/C12H26N3/c1-12(2,3)14-8-10-7-13(4)15(5,6)11(10)9-14/h10-11H,7-9H2,1-6H3/q+1. The van der Waals surface area contributed by atoms with Crippen LogP contribution in [-0.2, 0) is 0 Å². The van der Waals surface area contributed by atoms with E-state index in [1.807, 2.05) is 0 Å². The van der Waals surface area contributed by atoms with Gasteiger partial charge in [-0.2, -0.15) is 5.01 Å². The van der Waals surface area contributed by atoms with E-state index < -0.39 is 0 Å². The summed E-state index contributed by atoms with van der Waals surface area (Å²) in [5.41, 5.74) is 0.336. The van der Waals surface area contributed by atoms with E-state index in [9.17, 15) is 0 Å². The van der Waals surface area contributed by atoms with Crippen LogP contribution in [0.5, 0.6) is 0 Å². The van der Waals surface area contributed by atoms with Crippen molar-refractivity contribution in [3.05, 3.63) is 0 Å². The molecule has 0 spiro atoms. The monoisotopic (exact) mass is 212 g/mol. The summed E-state index contributed by atoms with van der Waals surface area (Å²) in [7, 11) is 6.94. The fourth-order valence-corrected chi connectivity index (χ4v) is 3.10. The van der Waals surface area contributed by atoms with Gasteiger partial charge in [0, 0.05) is 25.0 Å². The minimum Gasteiger partial charge on any atom is -0.292 e. The second-order valence-electron chi connectivity index (χ2n) is 6.72. The van der Waals surface area contributed by atoms with E-state index in [0.29, 0.717) is 5.54 Å². The second kappa shape index (κ2) is 3.19. The molecule has 0 N–H and O–H groups in total. The summed E-state index contributed by atoms with van der Waals surface area (Å²) in [5.74, 6) is 0.865. The number of rotatable bonds is 0. The summed E-state index contributed by atoms with van der Waals surface area (Å²) >= 11 is 0. The molecule has 3 nitrogen and oxygen atoms in total. The molecule has 0 amide bonds. The fourth-order valence-electron chi connectivity index (χ4n) is 3.10. The lowest BCUT2D eigenvalue weighted by atomic mass is 10.1. The van der Waals surface area contributed by atoms with Crippen molar-refractivity contribution < 1.29 is 4.59 Å². The molecule has 0 aliphatic carbocycles. The normalized spacial score (nSPS) is 37.2. The molecule has 0 saturated carbocycles. The molecule has 2 saturated heterocycles. The first-order chi connectivity index (χ1) is 6.73. The number of likely N-dealkylation sites (tertiary alicyclic amines) is 1. The van der Waals surface area contributed by atoms with E-state index in [0.717, 1.165) is 16.6 Å². The highest BCUT2D eigenvalue weighted by atomic mass is 15.8. The lowest BCUT2D eigenvalue weighted by Crippen LogP contribution is -2.55. The van der Waals surface area contributed by atoms with Gasteiger partial charge < -0.3 is 0 Å². The van der Waals surface area contributed by atoms with Crippen molar-refractivity contribution in [1.29, 1.82) is 0 Å².